The molecule has 3 nitrogen and oxygen atoms in total. The van der Waals surface area contributed by atoms with Crippen LogP contribution in [0, 0.1) is 11.6 Å². The lowest BCUT2D eigenvalue weighted by Crippen LogP contribution is -1.99. The van der Waals surface area contributed by atoms with Crippen molar-refractivity contribution in [1.82, 2.24) is 0 Å². The van der Waals surface area contributed by atoms with Gasteiger partial charge in [0.25, 0.3) is 0 Å². The maximum atomic E-state index is 12.6. The van der Waals surface area contributed by atoms with E-state index in [9.17, 15) is 13.0 Å². The monoisotopic (exact) mass is 194 g/mol. The molecule has 1 aromatic rings. The summed E-state index contributed by atoms with van der Waals surface area (Å²) < 4.78 is 47.2. The summed E-state index contributed by atoms with van der Waals surface area (Å²) in [5, 5.41) is 0. The van der Waals surface area contributed by atoms with E-state index >= 15 is 0 Å². The lowest BCUT2D eigenvalue weighted by molar-refractivity contribution is 0.437. The van der Waals surface area contributed by atoms with Gasteiger partial charge in [0.1, 0.15) is 5.82 Å². The molecule has 0 amide bonds. The number of halogens is 2. The fourth-order valence-electron chi connectivity index (χ4n) is 0.620. The van der Waals surface area contributed by atoms with Crippen molar-refractivity contribution in [3.8, 4) is 5.75 Å². The highest BCUT2D eigenvalue weighted by molar-refractivity contribution is 7.74. The zero-order valence-corrected chi connectivity index (χ0v) is 6.48. The summed E-state index contributed by atoms with van der Waals surface area (Å²) in [6, 6.07) is 2.41. The van der Waals surface area contributed by atoms with Crippen LogP contribution in [0.15, 0.2) is 18.2 Å². The number of rotatable bonds is 2. The molecule has 1 aromatic carbocycles. The normalized spacial score (nSPS) is 12.6. The maximum Gasteiger partial charge on any atom is 0.357 e. The van der Waals surface area contributed by atoms with Crippen molar-refractivity contribution in [2.75, 3.05) is 0 Å². The molecule has 0 aliphatic heterocycles. The Balaban J connectivity index is 2.93. The highest BCUT2D eigenvalue weighted by Crippen LogP contribution is 2.17. The molecule has 0 saturated heterocycles. The van der Waals surface area contributed by atoms with E-state index in [4.69, 9.17) is 4.55 Å². The Morgan fingerprint density at radius 2 is 2.08 bits per heavy atom. The molecule has 66 valence electrons. The third kappa shape index (κ3) is 2.24. The molecule has 0 heterocycles. The minimum absolute atomic E-state index is 0.461. The van der Waals surface area contributed by atoms with Gasteiger partial charge in [-0.05, 0) is 12.1 Å². The molecule has 0 aromatic heterocycles. The van der Waals surface area contributed by atoms with Gasteiger partial charge in [0.2, 0.25) is 0 Å². The van der Waals surface area contributed by atoms with Crippen LogP contribution in [0.5, 0.6) is 5.75 Å². The SMILES string of the molecule is O=S(O)Oc1ccc(F)cc1F. The topological polar surface area (TPSA) is 46.5 Å². The first-order valence-electron chi connectivity index (χ1n) is 2.84. The third-order valence-corrected chi connectivity index (χ3v) is 1.38. The Bertz CT molecular complexity index is 316. The van der Waals surface area contributed by atoms with Crippen LogP contribution in [-0.4, -0.2) is 8.76 Å². The molecule has 0 aliphatic rings. The Morgan fingerprint density at radius 3 is 2.58 bits per heavy atom. The molecule has 0 spiro atoms. The van der Waals surface area contributed by atoms with E-state index in [1.807, 2.05) is 0 Å². The van der Waals surface area contributed by atoms with Gasteiger partial charge in [0.05, 0.1) is 0 Å². The lowest BCUT2D eigenvalue weighted by Gasteiger charge is -1.99. The van der Waals surface area contributed by atoms with Gasteiger partial charge >= 0.3 is 11.4 Å². The van der Waals surface area contributed by atoms with Gasteiger partial charge in [-0.3, -0.25) is 4.55 Å². The summed E-state index contributed by atoms with van der Waals surface area (Å²) in [6.45, 7) is 0. The maximum absolute atomic E-state index is 12.6. The van der Waals surface area contributed by atoms with Crippen LogP contribution in [0.3, 0.4) is 0 Å². The van der Waals surface area contributed by atoms with Crippen LogP contribution < -0.4 is 4.18 Å². The molecule has 0 bridgehead atoms. The minimum atomic E-state index is -2.60. The van der Waals surface area contributed by atoms with Crippen LogP contribution >= 0.6 is 0 Å². The molecular formula is C6H4F2O3S. The largest absolute Gasteiger partial charge is 0.377 e. The number of hydrogen-bond acceptors (Lipinski definition) is 2. The average Bonchev–Trinajstić information content (AvgIpc) is 1.94. The zero-order chi connectivity index (χ0) is 9.14. The Labute approximate surface area is 69.5 Å². The fraction of sp³-hybridized carbons (Fsp3) is 0. The van der Waals surface area contributed by atoms with Crippen molar-refractivity contribution in [3.05, 3.63) is 29.8 Å². The van der Waals surface area contributed by atoms with E-state index in [-0.39, 0.29) is 0 Å². The van der Waals surface area contributed by atoms with Gasteiger partial charge in [-0.1, -0.05) is 0 Å². The van der Waals surface area contributed by atoms with Crippen molar-refractivity contribution < 1.29 is 21.7 Å². The van der Waals surface area contributed by atoms with Crippen LogP contribution in [-0.2, 0) is 11.4 Å². The summed E-state index contributed by atoms with van der Waals surface area (Å²) in [7, 11) is 0. The highest BCUT2D eigenvalue weighted by atomic mass is 32.2. The molecule has 0 aliphatic carbocycles. The van der Waals surface area contributed by atoms with E-state index in [2.05, 4.69) is 4.18 Å². The third-order valence-electron chi connectivity index (χ3n) is 1.05. The van der Waals surface area contributed by atoms with E-state index in [0.29, 0.717) is 6.07 Å². The Morgan fingerprint density at radius 1 is 1.42 bits per heavy atom. The van der Waals surface area contributed by atoms with Crippen molar-refractivity contribution in [1.29, 1.82) is 0 Å². The van der Waals surface area contributed by atoms with Crippen molar-refractivity contribution in [3.63, 3.8) is 0 Å². The summed E-state index contributed by atoms with van der Waals surface area (Å²) in [4.78, 5) is 0. The van der Waals surface area contributed by atoms with Gasteiger partial charge in [-0.15, -0.1) is 0 Å². The minimum Gasteiger partial charge on any atom is -0.377 e. The standard InChI is InChI=1S/C6H4F2O3S/c7-4-1-2-6(5(8)3-4)11-12(9)10/h1-3H,(H,9,10). The first kappa shape index (κ1) is 9.08. The van der Waals surface area contributed by atoms with Gasteiger partial charge in [0.15, 0.2) is 11.6 Å². The second-order valence-corrected chi connectivity index (χ2v) is 2.48. The highest BCUT2D eigenvalue weighted by Gasteiger charge is 2.06. The van der Waals surface area contributed by atoms with Crippen molar-refractivity contribution >= 4 is 11.4 Å². The summed E-state index contributed by atoms with van der Waals surface area (Å²) >= 11 is -2.60. The predicted octanol–water partition coefficient (Wildman–Crippen LogP) is 1.48. The number of hydrogen-bond donors (Lipinski definition) is 1. The number of benzene rings is 1. The van der Waals surface area contributed by atoms with Crippen LogP contribution in [0.1, 0.15) is 0 Å². The van der Waals surface area contributed by atoms with Gasteiger partial charge in [-0.25, -0.2) is 8.78 Å². The molecule has 0 saturated carbocycles. The quantitative estimate of drug-likeness (QED) is 0.725. The van der Waals surface area contributed by atoms with Crippen LogP contribution in [0.2, 0.25) is 0 Å². The molecule has 1 rings (SSSR count). The van der Waals surface area contributed by atoms with E-state index < -0.39 is 28.7 Å². The molecule has 1 N–H and O–H groups in total. The Hall–Kier alpha value is -1.01. The zero-order valence-electron chi connectivity index (χ0n) is 5.66. The molecule has 0 fully saturated rings. The first-order chi connectivity index (χ1) is 5.59. The van der Waals surface area contributed by atoms with Gasteiger partial charge in [-0.2, -0.15) is 4.21 Å². The summed E-state index contributed by atoms with van der Waals surface area (Å²) in [5.41, 5.74) is 0. The molecule has 6 heteroatoms. The van der Waals surface area contributed by atoms with E-state index in [1.54, 1.807) is 0 Å². The van der Waals surface area contributed by atoms with Gasteiger partial charge in [0, 0.05) is 6.07 Å². The molecule has 12 heavy (non-hydrogen) atoms. The smallest absolute Gasteiger partial charge is 0.357 e. The van der Waals surface area contributed by atoms with Crippen molar-refractivity contribution in [2.24, 2.45) is 0 Å². The molecule has 0 radical (unpaired) electrons. The van der Waals surface area contributed by atoms with Crippen molar-refractivity contribution in [2.45, 2.75) is 0 Å². The second-order valence-electron chi connectivity index (χ2n) is 1.88. The second kappa shape index (κ2) is 3.59. The van der Waals surface area contributed by atoms with Gasteiger partial charge < -0.3 is 4.18 Å². The van der Waals surface area contributed by atoms with Crippen LogP contribution in [0.25, 0.3) is 0 Å². The predicted molar refractivity (Wildman–Crippen MR) is 37.8 cm³/mol. The Kier molecular flexibility index (Phi) is 2.72. The summed E-state index contributed by atoms with van der Waals surface area (Å²) in [5.74, 6) is -2.25. The summed E-state index contributed by atoms with van der Waals surface area (Å²) in [6.07, 6.45) is 0. The first-order valence-corrected chi connectivity index (χ1v) is 3.87. The lowest BCUT2D eigenvalue weighted by atomic mass is 10.3. The fourth-order valence-corrected chi connectivity index (χ4v) is 0.908. The van der Waals surface area contributed by atoms with E-state index in [0.717, 1.165) is 12.1 Å². The molecule has 1 atom stereocenters. The molecular weight excluding hydrogens is 190 g/mol. The van der Waals surface area contributed by atoms with Crippen LogP contribution in [0.4, 0.5) is 8.78 Å². The average molecular weight is 194 g/mol. The molecule has 1 unspecified atom stereocenters. The van der Waals surface area contributed by atoms with E-state index in [1.165, 1.54) is 0 Å².